The van der Waals surface area contributed by atoms with Crippen molar-refractivity contribution in [1.29, 1.82) is 0 Å². The fourth-order valence-electron chi connectivity index (χ4n) is 2.67. The molecule has 0 bridgehead atoms. The van der Waals surface area contributed by atoms with Crippen molar-refractivity contribution in [3.63, 3.8) is 0 Å². The molecule has 0 aromatic rings. The molecule has 1 aliphatic carbocycles. The molecule has 1 saturated heterocycles. The van der Waals surface area contributed by atoms with Gasteiger partial charge in [-0.2, -0.15) is 0 Å². The number of nitrogens with one attached hydrogen (secondary N) is 1. The van der Waals surface area contributed by atoms with Crippen LogP contribution in [0.5, 0.6) is 0 Å². The Morgan fingerprint density at radius 3 is 2.91 bits per heavy atom. The van der Waals surface area contributed by atoms with Crippen LogP contribution in [0.25, 0.3) is 0 Å². The molecule has 0 aromatic carbocycles. The van der Waals surface area contributed by atoms with Crippen LogP contribution in [0.1, 0.15) is 32.6 Å². The third kappa shape index (κ3) is 1.42. The van der Waals surface area contributed by atoms with Gasteiger partial charge in [0.25, 0.3) is 0 Å². The Hall–Kier alpha value is -0.0800. The summed E-state index contributed by atoms with van der Waals surface area (Å²) in [6.07, 6.45) is 5.12. The van der Waals surface area contributed by atoms with Gasteiger partial charge < -0.3 is 11.1 Å². The maximum Gasteiger partial charge on any atom is 0.00995 e. The van der Waals surface area contributed by atoms with Gasteiger partial charge in [0, 0.05) is 18.1 Å². The number of hydrogen-bond donors (Lipinski definition) is 2. The smallest absolute Gasteiger partial charge is 0.00995 e. The van der Waals surface area contributed by atoms with E-state index in [2.05, 4.69) is 12.2 Å². The van der Waals surface area contributed by atoms with E-state index >= 15 is 0 Å². The predicted molar refractivity (Wildman–Crippen MR) is 46.3 cm³/mol. The average Bonchev–Trinajstić information content (AvgIpc) is 2.27. The van der Waals surface area contributed by atoms with Crippen molar-refractivity contribution in [2.75, 3.05) is 0 Å². The zero-order valence-corrected chi connectivity index (χ0v) is 7.22. The van der Waals surface area contributed by atoms with E-state index in [1.54, 1.807) is 0 Å². The van der Waals surface area contributed by atoms with Gasteiger partial charge in [-0.3, -0.25) is 0 Å². The molecule has 11 heavy (non-hydrogen) atoms. The lowest BCUT2D eigenvalue weighted by molar-refractivity contribution is 0.295. The maximum atomic E-state index is 5.91. The molecular formula is C9H18N2. The molecular weight excluding hydrogens is 136 g/mol. The first-order chi connectivity index (χ1) is 5.25. The molecule has 0 spiro atoms. The van der Waals surface area contributed by atoms with Crippen LogP contribution in [0.2, 0.25) is 0 Å². The Balaban J connectivity index is 1.97. The first-order valence-electron chi connectivity index (χ1n) is 4.77. The second-order valence-corrected chi connectivity index (χ2v) is 4.24. The first-order valence-corrected chi connectivity index (χ1v) is 4.77. The molecule has 4 unspecified atom stereocenters. The molecule has 4 atom stereocenters. The fraction of sp³-hybridized carbons (Fsp3) is 1.00. The van der Waals surface area contributed by atoms with E-state index in [0.717, 1.165) is 18.0 Å². The molecule has 0 amide bonds. The van der Waals surface area contributed by atoms with Gasteiger partial charge in [-0.05, 0) is 38.5 Å². The Kier molecular flexibility index (Phi) is 1.90. The minimum absolute atomic E-state index is 0.489. The van der Waals surface area contributed by atoms with Crippen LogP contribution in [-0.2, 0) is 0 Å². The van der Waals surface area contributed by atoms with Gasteiger partial charge in [0.15, 0.2) is 0 Å². The fourth-order valence-corrected chi connectivity index (χ4v) is 2.67. The lowest BCUT2D eigenvalue weighted by Crippen LogP contribution is -2.38. The topological polar surface area (TPSA) is 38.0 Å². The molecule has 2 heteroatoms. The van der Waals surface area contributed by atoms with Gasteiger partial charge in [-0.1, -0.05) is 0 Å². The van der Waals surface area contributed by atoms with Crippen LogP contribution in [0.15, 0.2) is 0 Å². The lowest BCUT2D eigenvalue weighted by Gasteiger charge is -2.29. The van der Waals surface area contributed by atoms with E-state index in [4.69, 9.17) is 5.73 Å². The van der Waals surface area contributed by atoms with Crippen molar-refractivity contribution >= 4 is 0 Å². The minimum Gasteiger partial charge on any atom is -0.328 e. The predicted octanol–water partition coefficient (Wildman–Crippen LogP) is 0.864. The van der Waals surface area contributed by atoms with Crippen LogP contribution < -0.4 is 11.1 Å². The SMILES string of the molecule is CC1CC2CC(N)CCC2N1. The quantitative estimate of drug-likeness (QED) is 0.543. The summed E-state index contributed by atoms with van der Waals surface area (Å²) in [5.74, 6) is 0.883. The third-order valence-electron chi connectivity index (χ3n) is 3.18. The highest BCUT2D eigenvalue weighted by Gasteiger charge is 2.35. The van der Waals surface area contributed by atoms with Crippen molar-refractivity contribution in [3.05, 3.63) is 0 Å². The van der Waals surface area contributed by atoms with Crippen LogP contribution >= 0.6 is 0 Å². The molecule has 1 heterocycles. The second-order valence-electron chi connectivity index (χ2n) is 4.24. The van der Waals surface area contributed by atoms with E-state index in [0.29, 0.717) is 6.04 Å². The first kappa shape index (κ1) is 7.56. The van der Waals surface area contributed by atoms with E-state index in [1.807, 2.05) is 0 Å². The summed E-state index contributed by atoms with van der Waals surface area (Å²) >= 11 is 0. The third-order valence-corrected chi connectivity index (χ3v) is 3.18. The molecule has 0 aromatic heterocycles. The summed E-state index contributed by atoms with van der Waals surface area (Å²) in [6, 6.07) is 2.02. The number of hydrogen-bond acceptors (Lipinski definition) is 2. The normalized spacial score (nSPS) is 50.7. The Labute approximate surface area is 68.5 Å². The highest BCUT2D eigenvalue weighted by Crippen LogP contribution is 2.32. The van der Waals surface area contributed by atoms with Gasteiger partial charge >= 0.3 is 0 Å². The van der Waals surface area contributed by atoms with Gasteiger partial charge in [0.05, 0.1) is 0 Å². The monoisotopic (exact) mass is 154 g/mol. The summed E-state index contributed by atoms with van der Waals surface area (Å²) in [7, 11) is 0. The summed E-state index contributed by atoms with van der Waals surface area (Å²) in [6.45, 7) is 2.28. The van der Waals surface area contributed by atoms with Crippen molar-refractivity contribution in [3.8, 4) is 0 Å². The molecule has 2 fully saturated rings. The number of fused-ring (bicyclic) bond motifs is 1. The van der Waals surface area contributed by atoms with Crippen molar-refractivity contribution < 1.29 is 0 Å². The van der Waals surface area contributed by atoms with Crippen molar-refractivity contribution in [2.24, 2.45) is 11.7 Å². The van der Waals surface area contributed by atoms with Crippen molar-refractivity contribution in [1.82, 2.24) is 5.32 Å². The molecule has 0 radical (unpaired) electrons. The van der Waals surface area contributed by atoms with E-state index in [1.165, 1.54) is 25.7 Å². The van der Waals surface area contributed by atoms with E-state index < -0.39 is 0 Å². The Morgan fingerprint density at radius 2 is 2.09 bits per heavy atom. The zero-order chi connectivity index (χ0) is 7.84. The largest absolute Gasteiger partial charge is 0.328 e. The van der Waals surface area contributed by atoms with Gasteiger partial charge in [0.1, 0.15) is 0 Å². The standard InChI is InChI=1S/C9H18N2/c1-6-4-7-5-8(10)2-3-9(7)11-6/h6-9,11H,2-5,10H2,1H3. The summed E-state index contributed by atoms with van der Waals surface area (Å²) in [5.41, 5.74) is 5.91. The highest BCUT2D eigenvalue weighted by molar-refractivity contribution is 4.94. The summed E-state index contributed by atoms with van der Waals surface area (Å²) in [4.78, 5) is 0. The van der Waals surface area contributed by atoms with E-state index in [-0.39, 0.29) is 0 Å². The van der Waals surface area contributed by atoms with Crippen LogP contribution in [0, 0.1) is 5.92 Å². The molecule has 64 valence electrons. The second kappa shape index (κ2) is 2.76. The highest BCUT2D eigenvalue weighted by atomic mass is 15.0. The van der Waals surface area contributed by atoms with Gasteiger partial charge in [0.2, 0.25) is 0 Å². The minimum atomic E-state index is 0.489. The van der Waals surface area contributed by atoms with Crippen LogP contribution in [0.4, 0.5) is 0 Å². The molecule has 1 aliphatic heterocycles. The van der Waals surface area contributed by atoms with Gasteiger partial charge in [-0.25, -0.2) is 0 Å². The molecule has 2 rings (SSSR count). The van der Waals surface area contributed by atoms with Gasteiger partial charge in [-0.15, -0.1) is 0 Å². The molecule has 1 saturated carbocycles. The number of rotatable bonds is 0. The number of nitrogens with two attached hydrogens (primary N) is 1. The van der Waals surface area contributed by atoms with Crippen LogP contribution in [0.3, 0.4) is 0 Å². The Morgan fingerprint density at radius 1 is 1.27 bits per heavy atom. The maximum absolute atomic E-state index is 5.91. The zero-order valence-electron chi connectivity index (χ0n) is 7.22. The molecule has 2 aliphatic rings. The summed E-state index contributed by atoms with van der Waals surface area (Å²) in [5, 5.41) is 3.62. The summed E-state index contributed by atoms with van der Waals surface area (Å²) < 4.78 is 0. The van der Waals surface area contributed by atoms with E-state index in [9.17, 15) is 0 Å². The van der Waals surface area contributed by atoms with Crippen LogP contribution in [-0.4, -0.2) is 18.1 Å². The lowest BCUT2D eigenvalue weighted by atomic mass is 9.82. The molecule has 2 nitrogen and oxygen atoms in total. The van der Waals surface area contributed by atoms with Crippen molar-refractivity contribution in [2.45, 2.75) is 50.7 Å². The Bertz CT molecular complexity index is 146. The molecule has 3 N–H and O–H groups in total. The average molecular weight is 154 g/mol.